The van der Waals surface area contributed by atoms with Crippen LogP contribution in [0.15, 0.2) is 24.3 Å². The third-order valence-corrected chi connectivity index (χ3v) is 3.19. The predicted octanol–water partition coefficient (Wildman–Crippen LogP) is 2.53. The Morgan fingerprint density at radius 3 is 2.43 bits per heavy atom. The lowest BCUT2D eigenvalue weighted by Gasteiger charge is -2.19. The van der Waals surface area contributed by atoms with Gasteiger partial charge >= 0.3 is 5.97 Å². The van der Waals surface area contributed by atoms with E-state index in [1.807, 2.05) is 26.0 Å². The van der Waals surface area contributed by atoms with Crippen LogP contribution in [0.3, 0.4) is 0 Å². The molecule has 0 unspecified atom stereocenters. The van der Waals surface area contributed by atoms with Crippen LogP contribution in [0, 0.1) is 0 Å². The van der Waals surface area contributed by atoms with Gasteiger partial charge in [-0.05, 0) is 32.9 Å². The fraction of sp³-hybridized carbons (Fsp3) is 0.500. The predicted molar refractivity (Wildman–Crippen MR) is 83.4 cm³/mol. The minimum Gasteiger partial charge on any atom is -0.462 e. The molecule has 1 rings (SSSR count). The molecule has 0 aliphatic heterocycles. The second-order valence-corrected chi connectivity index (χ2v) is 4.51. The SMILES string of the molecule is CCOC(=O)c1ccccc1NCCC(=O)N(CC)CC. The summed E-state index contributed by atoms with van der Waals surface area (Å²) in [5.74, 6) is -0.239. The molecule has 116 valence electrons. The normalized spacial score (nSPS) is 10.0. The van der Waals surface area contributed by atoms with Crippen molar-refractivity contribution in [3.63, 3.8) is 0 Å². The zero-order valence-electron chi connectivity index (χ0n) is 13.0. The fourth-order valence-corrected chi connectivity index (χ4v) is 2.06. The van der Waals surface area contributed by atoms with Crippen LogP contribution in [0.4, 0.5) is 5.69 Å². The van der Waals surface area contributed by atoms with E-state index in [-0.39, 0.29) is 11.9 Å². The van der Waals surface area contributed by atoms with Crippen LogP contribution in [0.5, 0.6) is 0 Å². The van der Waals surface area contributed by atoms with Gasteiger partial charge in [0, 0.05) is 31.7 Å². The number of ether oxygens (including phenoxy) is 1. The molecule has 1 amide bonds. The maximum atomic E-state index is 11.9. The molecule has 0 atom stereocenters. The first kappa shape index (κ1) is 17.0. The molecular formula is C16H24N2O3. The molecule has 0 saturated heterocycles. The number of benzene rings is 1. The van der Waals surface area contributed by atoms with Crippen LogP contribution >= 0.6 is 0 Å². The Hall–Kier alpha value is -2.04. The summed E-state index contributed by atoms with van der Waals surface area (Å²) >= 11 is 0. The first-order chi connectivity index (χ1) is 10.1. The van der Waals surface area contributed by atoms with Gasteiger partial charge in [-0.25, -0.2) is 4.79 Å². The number of hydrogen-bond donors (Lipinski definition) is 1. The fourth-order valence-electron chi connectivity index (χ4n) is 2.06. The van der Waals surface area contributed by atoms with Crippen molar-refractivity contribution in [2.75, 3.05) is 31.6 Å². The highest BCUT2D eigenvalue weighted by atomic mass is 16.5. The molecule has 1 aromatic carbocycles. The summed E-state index contributed by atoms with van der Waals surface area (Å²) in [6, 6.07) is 7.16. The highest BCUT2D eigenvalue weighted by molar-refractivity contribution is 5.95. The molecule has 0 fully saturated rings. The Balaban J connectivity index is 2.60. The molecule has 21 heavy (non-hydrogen) atoms. The largest absolute Gasteiger partial charge is 0.462 e. The molecular weight excluding hydrogens is 268 g/mol. The Labute approximate surface area is 126 Å². The molecule has 0 heterocycles. The van der Waals surface area contributed by atoms with Gasteiger partial charge in [-0.15, -0.1) is 0 Å². The van der Waals surface area contributed by atoms with E-state index in [9.17, 15) is 9.59 Å². The summed E-state index contributed by atoms with van der Waals surface area (Å²) in [6.45, 7) is 7.97. The van der Waals surface area contributed by atoms with Crippen molar-refractivity contribution in [1.82, 2.24) is 4.90 Å². The number of carbonyl (C=O) groups is 2. The molecule has 1 aromatic rings. The average Bonchev–Trinajstić information content (AvgIpc) is 2.49. The number of nitrogens with one attached hydrogen (secondary N) is 1. The van der Waals surface area contributed by atoms with Gasteiger partial charge in [0.1, 0.15) is 0 Å². The number of anilines is 1. The number of carbonyl (C=O) groups excluding carboxylic acids is 2. The van der Waals surface area contributed by atoms with Gasteiger partial charge in [0.15, 0.2) is 0 Å². The first-order valence-electron chi connectivity index (χ1n) is 7.41. The van der Waals surface area contributed by atoms with E-state index in [0.717, 1.165) is 13.1 Å². The van der Waals surface area contributed by atoms with Crippen molar-refractivity contribution >= 4 is 17.6 Å². The van der Waals surface area contributed by atoms with Crippen molar-refractivity contribution in [2.24, 2.45) is 0 Å². The third kappa shape index (κ3) is 5.10. The minimum atomic E-state index is -0.351. The summed E-state index contributed by atoms with van der Waals surface area (Å²) in [7, 11) is 0. The lowest BCUT2D eigenvalue weighted by Crippen LogP contribution is -2.31. The van der Waals surface area contributed by atoms with E-state index in [4.69, 9.17) is 4.74 Å². The minimum absolute atomic E-state index is 0.112. The van der Waals surface area contributed by atoms with Crippen LogP contribution in [0.1, 0.15) is 37.6 Å². The second-order valence-electron chi connectivity index (χ2n) is 4.51. The number of para-hydroxylation sites is 1. The van der Waals surface area contributed by atoms with Crippen LogP contribution < -0.4 is 5.32 Å². The average molecular weight is 292 g/mol. The van der Waals surface area contributed by atoms with E-state index in [0.29, 0.717) is 30.8 Å². The van der Waals surface area contributed by atoms with E-state index in [1.54, 1.807) is 24.0 Å². The first-order valence-corrected chi connectivity index (χ1v) is 7.41. The zero-order valence-corrected chi connectivity index (χ0v) is 13.0. The summed E-state index contributed by atoms with van der Waals surface area (Å²) in [5.41, 5.74) is 1.19. The Kier molecular flexibility index (Phi) is 7.29. The molecule has 0 bridgehead atoms. The maximum absolute atomic E-state index is 11.9. The molecule has 0 radical (unpaired) electrons. The van der Waals surface area contributed by atoms with Gasteiger partial charge in [-0.1, -0.05) is 12.1 Å². The van der Waals surface area contributed by atoms with Crippen molar-refractivity contribution in [1.29, 1.82) is 0 Å². The van der Waals surface area contributed by atoms with Gasteiger partial charge in [-0.3, -0.25) is 4.79 Å². The lowest BCUT2D eigenvalue weighted by molar-refractivity contribution is -0.130. The maximum Gasteiger partial charge on any atom is 0.340 e. The molecule has 0 aliphatic carbocycles. The number of hydrogen-bond acceptors (Lipinski definition) is 4. The molecule has 1 N–H and O–H groups in total. The summed E-state index contributed by atoms with van der Waals surface area (Å²) in [4.78, 5) is 25.5. The molecule has 0 aliphatic rings. The topological polar surface area (TPSA) is 58.6 Å². The van der Waals surface area contributed by atoms with Gasteiger partial charge < -0.3 is 15.0 Å². The Bertz CT molecular complexity index is 470. The standard InChI is InChI=1S/C16H24N2O3/c1-4-18(5-2)15(19)11-12-17-14-10-8-7-9-13(14)16(20)21-6-3/h7-10,17H,4-6,11-12H2,1-3H3. The van der Waals surface area contributed by atoms with Crippen LogP contribution in [-0.2, 0) is 9.53 Å². The molecule has 0 spiro atoms. The smallest absolute Gasteiger partial charge is 0.340 e. The number of esters is 1. The van der Waals surface area contributed by atoms with E-state index in [2.05, 4.69) is 5.32 Å². The second kappa shape index (κ2) is 9.00. The van der Waals surface area contributed by atoms with Crippen molar-refractivity contribution in [2.45, 2.75) is 27.2 Å². The van der Waals surface area contributed by atoms with Gasteiger partial charge in [0.2, 0.25) is 5.91 Å². The van der Waals surface area contributed by atoms with Crippen molar-refractivity contribution < 1.29 is 14.3 Å². The number of amides is 1. The Morgan fingerprint density at radius 2 is 1.81 bits per heavy atom. The van der Waals surface area contributed by atoms with Crippen molar-refractivity contribution in [3.8, 4) is 0 Å². The van der Waals surface area contributed by atoms with E-state index < -0.39 is 0 Å². The van der Waals surface area contributed by atoms with Gasteiger partial charge in [0.05, 0.1) is 12.2 Å². The number of rotatable bonds is 8. The monoisotopic (exact) mass is 292 g/mol. The summed E-state index contributed by atoms with van der Waals surface area (Å²) < 4.78 is 5.01. The molecule has 0 aromatic heterocycles. The van der Waals surface area contributed by atoms with Crippen LogP contribution in [0.2, 0.25) is 0 Å². The summed E-state index contributed by atoms with van der Waals surface area (Å²) in [6.07, 6.45) is 0.402. The highest BCUT2D eigenvalue weighted by Crippen LogP contribution is 2.16. The van der Waals surface area contributed by atoms with Crippen molar-refractivity contribution in [3.05, 3.63) is 29.8 Å². The van der Waals surface area contributed by atoms with Gasteiger partial charge in [0.25, 0.3) is 0 Å². The quantitative estimate of drug-likeness (QED) is 0.748. The Morgan fingerprint density at radius 1 is 1.14 bits per heavy atom. The highest BCUT2D eigenvalue weighted by Gasteiger charge is 2.13. The molecule has 5 heteroatoms. The van der Waals surface area contributed by atoms with E-state index in [1.165, 1.54) is 0 Å². The zero-order chi connectivity index (χ0) is 15.7. The van der Waals surface area contributed by atoms with Crippen LogP contribution in [0.25, 0.3) is 0 Å². The summed E-state index contributed by atoms with van der Waals surface area (Å²) in [5, 5.41) is 3.14. The van der Waals surface area contributed by atoms with E-state index >= 15 is 0 Å². The number of nitrogens with zero attached hydrogens (tertiary/aromatic N) is 1. The molecule has 0 saturated carbocycles. The molecule has 5 nitrogen and oxygen atoms in total. The van der Waals surface area contributed by atoms with Gasteiger partial charge in [-0.2, -0.15) is 0 Å². The third-order valence-electron chi connectivity index (χ3n) is 3.19. The lowest BCUT2D eigenvalue weighted by atomic mass is 10.1. The van der Waals surface area contributed by atoms with Crippen LogP contribution in [-0.4, -0.2) is 43.0 Å².